The van der Waals surface area contributed by atoms with Crippen LogP contribution < -0.4 is 5.32 Å². The average Bonchev–Trinajstić information content (AvgIpc) is 2.61. The van der Waals surface area contributed by atoms with Gasteiger partial charge in [-0.2, -0.15) is 0 Å². The van der Waals surface area contributed by atoms with Crippen LogP contribution in [0.4, 0.5) is 0 Å². The standard InChI is InChI=1S/C8H15NO/c1-4-6(2)8(9-3)5-7(8)10/h4,7,9-10H,5H2,1-3H3/b6-4+. The fraction of sp³-hybridized carbons (Fsp3) is 0.750. The van der Waals surface area contributed by atoms with Crippen LogP contribution in [0.3, 0.4) is 0 Å². The van der Waals surface area contributed by atoms with Crippen LogP contribution in [0.5, 0.6) is 0 Å². The minimum absolute atomic E-state index is 0.0747. The van der Waals surface area contributed by atoms with Crippen molar-refractivity contribution in [2.75, 3.05) is 7.05 Å². The van der Waals surface area contributed by atoms with E-state index in [1.54, 1.807) is 0 Å². The zero-order chi connectivity index (χ0) is 7.78. The van der Waals surface area contributed by atoms with Crippen LogP contribution in [0, 0.1) is 0 Å². The Morgan fingerprint density at radius 2 is 2.30 bits per heavy atom. The number of allylic oxidation sites excluding steroid dienone is 1. The number of hydrogen-bond donors (Lipinski definition) is 2. The van der Waals surface area contributed by atoms with Gasteiger partial charge in [0.05, 0.1) is 11.6 Å². The van der Waals surface area contributed by atoms with Crippen molar-refractivity contribution in [2.24, 2.45) is 0 Å². The maximum atomic E-state index is 9.28. The third-order valence-electron chi connectivity index (χ3n) is 2.51. The van der Waals surface area contributed by atoms with Crippen molar-refractivity contribution in [3.63, 3.8) is 0 Å². The summed E-state index contributed by atoms with van der Waals surface area (Å²) in [6, 6.07) is 0. The minimum atomic E-state index is -0.173. The first-order chi connectivity index (χ1) is 4.67. The number of nitrogens with one attached hydrogen (secondary N) is 1. The highest BCUT2D eigenvalue weighted by molar-refractivity contribution is 5.31. The molecule has 2 nitrogen and oxygen atoms in total. The van der Waals surface area contributed by atoms with Crippen LogP contribution in [0.2, 0.25) is 0 Å². The molecule has 1 aliphatic carbocycles. The summed E-state index contributed by atoms with van der Waals surface area (Å²) in [5.74, 6) is 0. The van der Waals surface area contributed by atoms with Gasteiger partial charge in [-0.1, -0.05) is 11.6 Å². The number of aliphatic hydroxyl groups is 1. The summed E-state index contributed by atoms with van der Waals surface area (Å²) in [5.41, 5.74) is 1.16. The zero-order valence-electron chi connectivity index (χ0n) is 6.81. The quantitative estimate of drug-likeness (QED) is 0.554. The average molecular weight is 141 g/mol. The molecule has 0 bridgehead atoms. The molecule has 1 saturated carbocycles. The van der Waals surface area contributed by atoms with Crippen molar-refractivity contribution in [2.45, 2.75) is 31.9 Å². The third-order valence-corrected chi connectivity index (χ3v) is 2.51. The van der Waals surface area contributed by atoms with Crippen LogP contribution in [0.15, 0.2) is 11.6 Å². The Labute approximate surface area is 61.9 Å². The molecule has 1 rings (SSSR count). The van der Waals surface area contributed by atoms with E-state index < -0.39 is 0 Å². The SMILES string of the molecule is C/C=C(\C)C1(NC)CC1O. The lowest BCUT2D eigenvalue weighted by Crippen LogP contribution is -2.32. The van der Waals surface area contributed by atoms with E-state index in [9.17, 15) is 5.11 Å². The summed E-state index contributed by atoms with van der Waals surface area (Å²) < 4.78 is 0. The second-order valence-electron chi connectivity index (χ2n) is 2.91. The van der Waals surface area contributed by atoms with E-state index in [0.717, 1.165) is 6.42 Å². The summed E-state index contributed by atoms with van der Waals surface area (Å²) >= 11 is 0. The number of hydrogen-bond acceptors (Lipinski definition) is 2. The minimum Gasteiger partial charge on any atom is -0.391 e. The van der Waals surface area contributed by atoms with Crippen molar-refractivity contribution in [1.29, 1.82) is 0 Å². The van der Waals surface area contributed by atoms with Crippen molar-refractivity contribution in [3.8, 4) is 0 Å². The molecule has 2 N–H and O–H groups in total. The first-order valence-electron chi connectivity index (χ1n) is 3.67. The van der Waals surface area contributed by atoms with E-state index >= 15 is 0 Å². The van der Waals surface area contributed by atoms with E-state index in [1.807, 2.05) is 27.0 Å². The number of rotatable bonds is 2. The second kappa shape index (κ2) is 2.36. The summed E-state index contributed by atoms with van der Waals surface area (Å²) in [4.78, 5) is 0. The first kappa shape index (κ1) is 7.76. The topological polar surface area (TPSA) is 32.3 Å². The molecule has 0 spiro atoms. The zero-order valence-corrected chi connectivity index (χ0v) is 6.81. The van der Waals surface area contributed by atoms with Crippen LogP contribution in [-0.2, 0) is 0 Å². The van der Waals surface area contributed by atoms with Gasteiger partial charge in [0.25, 0.3) is 0 Å². The normalized spacial score (nSPS) is 40.0. The van der Waals surface area contributed by atoms with E-state index in [-0.39, 0.29) is 11.6 Å². The first-order valence-corrected chi connectivity index (χ1v) is 3.67. The Kier molecular flexibility index (Phi) is 1.84. The Hall–Kier alpha value is -0.340. The summed E-state index contributed by atoms with van der Waals surface area (Å²) in [6.45, 7) is 4.05. The van der Waals surface area contributed by atoms with Crippen LogP contribution >= 0.6 is 0 Å². The lowest BCUT2D eigenvalue weighted by molar-refractivity contribution is 0.247. The fourth-order valence-corrected chi connectivity index (χ4v) is 1.39. The highest BCUT2D eigenvalue weighted by Gasteiger charge is 2.53. The molecule has 1 aliphatic rings. The van der Waals surface area contributed by atoms with Gasteiger partial charge in [0.15, 0.2) is 0 Å². The lowest BCUT2D eigenvalue weighted by Gasteiger charge is -2.14. The molecular formula is C8H15NO. The Balaban J connectivity index is 2.69. The molecule has 0 amide bonds. The van der Waals surface area contributed by atoms with Crippen molar-refractivity contribution < 1.29 is 5.11 Å². The molecule has 0 heterocycles. The van der Waals surface area contributed by atoms with E-state index in [4.69, 9.17) is 0 Å². The Morgan fingerprint density at radius 1 is 1.80 bits per heavy atom. The maximum Gasteiger partial charge on any atom is 0.0782 e. The molecule has 0 aromatic rings. The highest BCUT2D eigenvalue weighted by Crippen LogP contribution is 2.41. The lowest BCUT2D eigenvalue weighted by atomic mass is 10.1. The Morgan fingerprint density at radius 3 is 2.40 bits per heavy atom. The van der Waals surface area contributed by atoms with E-state index in [2.05, 4.69) is 5.32 Å². The van der Waals surface area contributed by atoms with Gasteiger partial charge in [-0.25, -0.2) is 0 Å². The van der Waals surface area contributed by atoms with Crippen LogP contribution in [-0.4, -0.2) is 23.8 Å². The molecule has 0 saturated heterocycles. The van der Waals surface area contributed by atoms with E-state index in [1.165, 1.54) is 5.57 Å². The smallest absolute Gasteiger partial charge is 0.0782 e. The number of likely N-dealkylation sites (N-methyl/N-ethyl adjacent to an activating group) is 1. The molecule has 10 heavy (non-hydrogen) atoms. The molecular weight excluding hydrogens is 126 g/mol. The molecule has 1 fully saturated rings. The fourth-order valence-electron chi connectivity index (χ4n) is 1.39. The van der Waals surface area contributed by atoms with Gasteiger partial charge in [0.2, 0.25) is 0 Å². The van der Waals surface area contributed by atoms with Gasteiger partial charge in [-0.05, 0) is 27.3 Å². The summed E-state index contributed by atoms with van der Waals surface area (Å²) in [5, 5.41) is 12.4. The summed E-state index contributed by atoms with van der Waals surface area (Å²) in [6.07, 6.45) is 2.74. The highest BCUT2D eigenvalue weighted by atomic mass is 16.3. The summed E-state index contributed by atoms with van der Waals surface area (Å²) in [7, 11) is 1.89. The van der Waals surface area contributed by atoms with Gasteiger partial charge in [0.1, 0.15) is 0 Å². The molecule has 0 aliphatic heterocycles. The Bertz CT molecular complexity index is 161. The van der Waals surface area contributed by atoms with Crippen molar-refractivity contribution >= 4 is 0 Å². The van der Waals surface area contributed by atoms with Crippen LogP contribution in [0.1, 0.15) is 20.3 Å². The number of aliphatic hydroxyl groups excluding tert-OH is 1. The van der Waals surface area contributed by atoms with Gasteiger partial charge in [-0.3, -0.25) is 0 Å². The van der Waals surface area contributed by atoms with Gasteiger partial charge in [-0.15, -0.1) is 0 Å². The molecule has 0 aromatic carbocycles. The predicted molar refractivity (Wildman–Crippen MR) is 41.8 cm³/mol. The van der Waals surface area contributed by atoms with Crippen LogP contribution in [0.25, 0.3) is 0 Å². The predicted octanol–water partition coefficient (Wildman–Crippen LogP) is 0.675. The second-order valence-corrected chi connectivity index (χ2v) is 2.91. The van der Waals surface area contributed by atoms with Gasteiger partial charge < -0.3 is 10.4 Å². The maximum absolute atomic E-state index is 9.28. The largest absolute Gasteiger partial charge is 0.391 e. The third kappa shape index (κ3) is 0.879. The molecule has 58 valence electrons. The molecule has 0 radical (unpaired) electrons. The van der Waals surface area contributed by atoms with Crippen molar-refractivity contribution in [3.05, 3.63) is 11.6 Å². The van der Waals surface area contributed by atoms with Gasteiger partial charge in [0, 0.05) is 0 Å². The van der Waals surface area contributed by atoms with E-state index in [0.29, 0.717) is 0 Å². The monoisotopic (exact) mass is 141 g/mol. The molecule has 2 atom stereocenters. The molecule has 0 aromatic heterocycles. The molecule has 2 heteroatoms. The molecule has 2 unspecified atom stereocenters. The van der Waals surface area contributed by atoms with Crippen molar-refractivity contribution in [1.82, 2.24) is 5.32 Å². The van der Waals surface area contributed by atoms with Gasteiger partial charge >= 0.3 is 0 Å².